The van der Waals surface area contributed by atoms with Gasteiger partial charge in [-0.05, 0) is 78.8 Å². The fraction of sp³-hybridized carbons (Fsp3) is 0.278. The molecule has 0 aliphatic carbocycles. The number of hydrogen-bond donors (Lipinski definition) is 2. The number of nitrogens with zero attached hydrogens (tertiary/aromatic N) is 6. The molecule has 2 amide bonds. The van der Waals surface area contributed by atoms with Crippen LogP contribution in [0.25, 0.3) is 5.65 Å². The lowest BCUT2D eigenvalue weighted by molar-refractivity contribution is -0.134. The number of fused-ring (bicyclic) bond motifs is 1. The Hall–Kier alpha value is -5.40. The van der Waals surface area contributed by atoms with Crippen LogP contribution in [0.15, 0.2) is 67.3 Å². The van der Waals surface area contributed by atoms with Gasteiger partial charge in [-0.15, -0.1) is 0 Å². The van der Waals surface area contributed by atoms with Gasteiger partial charge in [-0.1, -0.05) is 25.0 Å². The van der Waals surface area contributed by atoms with Crippen molar-refractivity contribution in [2.45, 2.75) is 33.7 Å². The molecule has 0 radical (unpaired) electrons. The van der Waals surface area contributed by atoms with Crippen LogP contribution in [-0.2, 0) is 24.8 Å². The third kappa shape index (κ3) is 6.50. The van der Waals surface area contributed by atoms with Gasteiger partial charge >= 0.3 is 0 Å². The molecule has 0 unspecified atom stereocenters. The first-order chi connectivity index (χ1) is 22.2. The Kier molecular flexibility index (Phi) is 8.59. The van der Waals surface area contributed by atoms with Crippen molar-refractivity contribution >= 4 is 34.5 Å². The molecule has 1 aliphatic heterocycles. The number of anilines is 3. The number of piperazine rings is 1. The molecule has 3 aromatic heterocycles. The number of aromatic nitrogens is 4. The number of nitrogens with one attached hydrogen (secondary N) is 2. The average molecular weight is 615 g/mol. The van der Waals surface area contributed by atoms with Crippen molar-refractivity contribution in [2.75, 3.05) is 37.3 Å². The quantitative estimate of drug-likeness (QED) is 0.253. The molecule has 10 nitrogen and oxygen atoms in total. The maximum atomic E-state index is 13.5. The maximum absolute atomic E-state index is 13.5. The molecule has 5 aromatic rings. The zero-order chi connectivity index (χ0) is 32.4. The SMILES string of the molecule is CCc1cc(NC(=O)c2cc(C#Cc3cnc4c(Nc5cnn(C)c5)cccn34)c(C)cc2C)ccc1CN1CCN(C)C(=O)C1. The van der Waals surface area contributed by atoms with Gasteiger partial charge in [0, 0.05) is 62.9 Å². The fourth-order valence-corrected chi connectivity index (χ4v) is 5.77. The molecule has 1 aliphatic rings. The molecular formula is C36H38N8O2. The molecule has 46 heavy (non-hydrogen) atoms. The minimum absolute atomic E-state index is 0.146. The first kappa shape index (κ1) is 30.6. The van der Waals surface area contributed by atoms with E-state index in [2.05, 4.69) is 50.4 Å². The molecule has 2 aromatic carbocycles. The standard InChI is InChI=1S/C36H38N8O2/c1-6-26-17-29(11-9-28(26)21-43-15-14-41(4)34(45)23-43)40-36(46)32-18-27(24(2)16-25(32)3)10-12-31-20-37-35-33(8-7-13-44(31)35)39-30-19-38-42(5)22-30/h7-9,11,13,16-20,22,39H,6,14-15,21,23H2,1-5H3,(H,40,46). The van der Waals surface area contributed by atoms with Gasteiger partial charge in [0.05, 0.1) is 30.3 Å². The minimum atomic E-state index is -0.180. The number of hydrogen-bond acceptors (Lipinski definition) is 6. The van der Waals surface area contributed by atoms with Crippen molar-refractivity contribution < 1.29 is 9.59 Å². The van der Waals surface area contributed by atoms with Crippen molar-refractivity contribution in [1.29, 1.82) is 0 Å². The maximum Gasteiger partial charge on any atom is 0.255 e. The van der Waals surface area contributed by atoms with E-state index in [-0.39, 0.29) is 11.8 Å². The summed E-state index contributed by atoms with van der Waals surface area (Å²) >= 11 is 0. The number of benzene rings is 2. The highest BCUT2D eigenvalue weighted by molar-refractivity contribution is 6.05. The van der Waals surface area contributed by atoms with Crippen LogP contribution in [0.5, 0.6) is 0 Å². The second-order valence-electron chi connectivity index (χ2n) is 11.8. The van der Waals surface area contributed by atoms with Crippen LogP contribution in [0.2, 0.25) is 0 Å². The number of carbonyl (C=O) groups is 2. The third-order valence-electron chi connectivity index (χ3n) is 8.44. The summed E-state index contributed by atoms with van der Waals surface area (Å²) in [6.07, 6.45) is 8.18. The van der Waals surface area contributed by atoms with E-state index in [4.69, 9.17) is 0 Å². The van der Waals surface area contributed by atoms with Crippen LogP contribution in [0, 0.1) is 25.7 Å². The average Bonchev–Trinajstić information content (AvgIpc) is 3.65. The normalized spacial score (nSPS) is 13.5. The predicted molar refractivity (Wildman–Crippen MR) is 180 cm³/mol. The molecule has 234 valence electrons. The first-order valence-electron chi connectivity index (χ1n) is 15.4. The Morgan fingerprint density at radius 3 is 2.59 bits per heavy atom. The van der Waals surface area contributed by atoms with E-state index in [0.717, 1.165) is 70.2 Å². The lowest BCUT2D eigenvalue weighted by Crippen LogP contribution is -2.48. The van der Waals surface area contributed by atoms with Gasteiger partial charge in [0.15, 0.2) is 5.65 Å². The fourth-order valence-electron chi connectivity index (χ4n) is 5.77. The summed E-state index contributed by atoms with van der Waals surface area (Å²) in [6.45, 7) is 8.78. The Morgan fingerprint density at radius 2 is 1.83 bits per heavy atom. The van der Waals surface area contributed by atoms with E-state index in [1.54, 1.807) is 22.0 Å². The Labute approximate surface area is 269 Å². The third-order valence-corrected chi connectivity index (χ3v) is 8.44. The summed E-state index contributed by atoms with van der Waals surface area (Å²) in [4.78, 5) is 34.3. The van der Waals surface area contributed by atoms with Crippen LogP contribution >= 0.6 is 0 Å². The highest BCUT2D eigenvalue weighted by atomic mass is 16.2. The van der Waals surface area contributed by atoms with E-state index >= 15 is 0 Å². The number of rotatable bonds is 7. The lowest BCUT2D eigenvalue weighted by Gasteiger charge is -2.32. The molecule has 1 saturated heterocycles. The van der Waals surface area contributed by atoms with E-state index in [0.29, 0.717) is 18.7 Å². The van der Waals surface area contributed by atoms with Crippen molar-refractivity contribution in [3.05, 3.63) is 106 Å². The molecule has 1 fully saturated rings. The van der Waals surface area contributed by atoms with Crippen molar-refractivity contribution in [2.24, 2.45) is 7.05 Å². The number of pyridine rings is 1. The van der Waals surface area contributed by atoms with Gasteiger partial charge in [-0.25, -0.2) is 4.98 Å². The van der Waals surface area contributed by atoms with Gasteiger partial charge in [0.2, 0.25) is 5.91 Å². The summed E-state index contributed by atoms with van der Waals surface area (Å²) in [5, 5.41) is 10.7. The largest absolute Gasteiger partial charge is 0.350 e. The summed E-state index contributed by atoms with van der Waals surface area (Å²) in [7, 11) is 3.72. The summed E-state index contributed by atoms with van der Waals surface area (Å²) in [6, 6.07) is 13.8. The van der Waals surface area contributed by atoms with Gasteiger partial charge in [0.25, 0.3) is 5.91 Å². The van der Waals surface area contributed by atoms with Crippen LogP contribution in [0.4, 0.5) is 17.1 Å². The monoisotopic (exact) mass is 614 g/mol. The van der Waals surface area contributed by atoms with Gasteiger partial charge < -0.3 is 15.5 Å². The van der Waals surface area contributed by atoms with Gasteiger partial charge in [-0.2, -0.15) is 5.10 Å². The van der Waals surface area contributed by atoms with Crippen molar-refractivity contribution in [3.8, 4) is 11.8 Å². The van der Waals surface area contributed by atoms with E-state index in [1.165, 1.54) is 5.56 Å². The highest BCUT2D eigenvalue weighted by Crippen LogP contribution is 2.23. The van der Waals surface area contributed by atoms with E-state index in [1.807, 2.05) is 81.1 Å². The molecule has 6 rings (SSSR count). The number of amides is 2. The van der Waals surface area contributed by atoms with Crippen LogP contribution in [0.3, 0.4) is 0 Å². The summed E-state index contributed by atoms with van der Waals surface area (Å²) in [5.74, 6) is 6.51. The van der Waals surface area contributed by atoms with Crippen molar-refractivity contribution in [1.82, 2.24) is 29.0 Å². The summed E-state index contributed by atoms with van der Waals surface area (Å²) < 4.78 is 3.68. The summed E-state index contributed by atoms with van der Waals surface area (Å²) in [5.41, 5.74) is 9.53. The zero-order valence-electron chi connectivity index (χ0n) is 26.9. The smallest absolute Gasteiger partial charge is 0.255 e. The number of aryl methyl sites for hydroxylation is 4. The van der Waals surface area contributed by atoms with Crippen molar-refractivity contribution in [3.63, 3.8) is 0 Å². The van der Waals surface area contributed by atoms with Gasteiger partial charge in [0.1, 0.15) is 5.69 Å². The molecular weight excluding hydrogens is 576 g/mol. The van der Waals surface area contributed by atoms with Crippen LogP contribution in [0.1, 0.15) is 50.8 Å². The van der Waals surface area contributed by atoms with Gasteiger partial charge in [-0.3, -0.25) is 23.6 Å². The number of likely N-dealkylation sites (N-methyl/N-ethyl adjacent to an activating group) is 1. The minimum Gasteiger partial charge on any atom is -0.350 e. The van der Waals surface area contributed by atoms with E-state index in [9.17, 15) is 9.59 Å². The molecule has 4 heterocycles. The number of imidazole rings is 1. The second kappa shape index (κ2) is 12.9. The predicted octanol–water partition coefficient (Wildman–Crippen LogP) is 4.92. The van der Waals surface area contributed by atoms with Crippen LogP contribution < -0.4 is 10.6 Å². The van der Waals surface area contributed by atoms with E-state index < -0.39 is 0 Å². The Balaban J connectivity index is 1.20. The Morgan fingerprint density at radius 1 is 0.978 bits per heavy atom. The highest BCUT2D eigenvalue weighted by Gasteiger charge is 2.22. The molecule has 0 bridgehead atoms. The molecule has 0 atom stereocenters. The molecule has 10 heteroatoms. The topological polar surface area (TPSA) is 99.8 Å². The Bertz CT molecular complexity index is 2010. The zero-order valence-corrected chi connectivity index (χ0v) is 26.9. The second-order valence-corrected chi connectivity index (χ2v) is 11.8. The lowest BCUT2D eigenvalue weighted by atomic mass is 9.99. The first-order valence-corrected chi connectivity index (χ1v) is 15.4. The molecule has 0 saturated carbocycles. The molecule has 0 spiro atoms. The van der Waals surface area contributed by atoms with Crippen LogP contribution in [-0.4, -0.2) is 67.5 Å². The number of carbonyl (C=O) groups excluding carboxylic acids is 2. The molecule has 2 N–H and O–H groups in total.